The van der Waals surface area contributed by atoms with Gasteiger partial charge in [-0.1, -0.05) is 25.4 Å². The van der Waals surface area contributed by atoms with Crippen molar-refractivity contribution in [2.24, 2.45) is 5.92 Å². The van der Waals surface area contributed by atoms with Crippen molar-refractivity contribution in [1.82, 2.24) is 9.97 Å². The van der Waals surface area contributed by atoms with Crippen molar-refractivity contribution in [3.63, 3.8) is 0 Å². The molecule has 0 aliphatic heterocycles. The van der Waals surface area contributed by atoms with E-state index in [-0.39, 0.29) is 11.3 Å². The predicted octanol–water partition coefficient (Wildman–Crippen LogP) is 3.24. The second kappa shape index (κ2) is 8.43. The van der Waals surface area contributed by atoms with Gasteiger partial charge in [-0.2, -0.15) is 0 Å². The first-order chi connectivity index (χ1) is 11.9. The van der Waals surface area contributed by atoms with E-state index in [1.54, 1.807) is 0 Å². The Kier molecular flexibility index (Phi) is 6.30. The van der Waals surface area contributed by atoms with E-state index < -0.39 is 11.9 Å². The zero-order chi connectivity index (χ0) is 18.4. The van der Waals surface area contributed by atoms with E-state index in [4.69, 9.17) is 11.6 Å². The number of carbonyl (C=O) groups excluding carboxylic acids is 2. The Morgan fingerprint density at radius 2 is 2.04 bits per heavy atom. The first kappa shape index (κ1) is 18.7. The summed E-state index contributed by atoms with van der Waals surface area (Å²) in [5.74, 6) is -0.190. The molecule has 2 aromatic rings. The van der Waals surface area contributed by atoms with Crippen molar-refractivity contribution in [2.45, 2.75) is 13.8 Å². The SMILES string of the molecule is COC(=O)c1ccc(Cl)c(NC(=O)c2ccnc(NCC(C)C)n2)c1. The average molecular weight is 363 g/mol. The minimum Gasteiger partial charge on any atom is -0.465 e. The van der Waals surface area contributed by atoms with Crippen molar-refractivity contribution in [1.29, 1.82) is 0 Å². The quantitative estimate of drug-likeness (QED) is 0.766. The van der Waals surface area contributed by atoms with Crippen LogP contribution in [0.3, 0.4) is 0 Å². The molecule has 0 unspecified atom stereocenters. The zero-order valence-corrected chi connectivity index (χ0v) is 14.9. The lowest BCUT2D eigenvalue weighted by Crippen LogP contribution is -2.17. The highest BCUT2D eigenvalue weighted by molar-refractivity contribution is 6.34. The third-order valence-electron chi connectivity index (χ3n) is 3.19. The number of aromatic nitrogens is 2. The Bertz CT molecular complexity index is 780. The van der Waals surface area contributed by atoms with Gasteiger partial charge in [-0.25, -0.2) is 14.8 Å². The van der Waals surface area contributed by atoms with Gasteiger partial charge in [-0.15, -0.1) is 0 Å². The number of amides is 1. The number of halogens is 1. The highest BCUT2D eigenvalue weighted by Crippen LogP contribution is 2.24. The number of ether oxygens (including phenoxy) is 1. The summed E-state index contributed by atoms with van der Waals surface area (Å²) in [7, 11) is 1.28. The maximum absolute atomic E-state index is 12.4. The van der Waals surface area contributed by atoms with Crippen LogP contribution < -0.4 is 10.6 Å². The van der Waals surface area contributed by atoms with Gasteiger partial charge >= 0.3 is 5.97 Å². The highest BCUT2D eigenvalue weighted by Gasteiger charge is 2.14. The van der Waals surface area contributed by atoms with Crippen LogP contribution in [0.1, 0.15) is 34.7 Å². The second-order valence-electron chi connectivity index (χ2n) is 5.68. The number of rotatable bonds is 6. The Labute approximate surface area is 150 Å². The van der Waals surface area contributed by atoms with E-state index in [0.717, 1.165) is 0 Å². The lowest BCUT2D eigenvalue weighted by atomic mass is 10.2. The first-order valence-corrected chi connectivity index (χ1v) is 8.04. The molecule has 8 heteroatoms. The predicted molar refractivity (Wildman–Crippen MR) is 96.1 cm³/mol. The molecule has 25 heavy (non-hydrogen) atoms. The van der Waals surface area contributed by atoms with E-state index in [0.29, 0.717) is 29.1 Å². The fourth-order valence-corrected chi connectivity index (χ4v) is 2.08. The van der Waals surface area contributed by atoms with Crippen LogP contribution in [0.25, 0.3) is 0 Å². The molecular formula is C17H19ClN4O3. The van der Waals surface area contributed by atoms with E-state index in [1.165, 1.54) is 37.6 Å². The molecule has 0 fully saturated rings. The second-order valence-corrected chi connectivity index (χ2v) is 6.09. The topological polar surface area (TPSA) is 93.2 Å². The fraction of sp³-hybridized carbons (Fsp3) is 0.294. The van der Waals surface area contributed by atoms with E-state index >= 15 is 0 Å². The van der Waals surface area contributed by atoms with Gasteiger partial charge in [-0.3, -0.25) is 4.79 Å². The van der Waals surface area contributed by atoms with Crippen molar-refractivity contribution in [3.05, 3.63) is 46.7 Å². The summed E-state index contributed by atoms with van der Waals surface area (Å²) in [4.78, 5) is 32.3. The van der Waals surface area contributed by atoms with Crippen molar-refractivity contribution < 1.29 is 14.3 Å². The van der Waals surface area contributed by atoms with E-state index in [9.17, 15) is 9.59 Å². The van der Waals surface area contributed by atoms with E-state index in [1.807, 2.05) is 0 Å². The molecule has 7 nitrogen and oxygen atoms in total. The molecule has 1 amide bonds. The molecule has 1 aromatic carbocycles. The van der Waals surface area contributed by atoms with Gasteiger partial charge in [0, 0.05) is 12.7 Å². The third-order valence-corrected chi connectivity index (χ3v) is 3.52. The van der Waals surface area contributed by atoms with Gasteiger partial charge in [-0.05, 0) is 30.2 Å². The molecule has 1 aromatic heterocycles. The summed E-state index contributed by atoms with van der Waals surface area (Å²) in [5.41, 5.74) is 0.759. The number of carbonyl (C=O) groups is 2. The maximum Gasteiger partial charge on any atom is 0.337 e. The maximum atomic E-state index is 12.4. The summed E-state index contributed by atoms with van der Waals surface area (Å²) in [5, 5.41) is 6.00. The lowest BCUT2D eigenvalue weighted by Gasteiger charge is -2.10. The molecule has 2 rings (SSSR count). The van der Waals surface area contributed by atoms with Crippen molar-refractivity contribution in [3.8, 4) is 0 Å². The van der Waals surface area contributed by atoms with Crippen LogP contribution in [0.2, 0.25) is 5.02 Å². The lowest BCUT2D eigenvalue weighted by molar-refractivity contribution is 0.0600. The minimum atomic E-state index is -0.519. The monoisotopic (exact) mass is 362 g/mol. The summed E-state index contributed by atoms with van der Waals surface area (Å²) in [6, 6.07) is 5.97. The summed E-state index contributed by atoms with van der Waals surface area (Å²) in [6.07, 6.45) is 1.50. The summed E-state index contributed by atoms with van der Waals surface area (Å²) in [6.45, 7) is 4.80. The largest absolute Gasteiger partial charge is 0.465 e. The van der Waals surface area contributed by atoms with Crippen LogP contribution in [0.15, 0.2) is 30.5 Å². The molecule has 0 radical (unpaired) electrons. The van der Waals surface area contributed by atoms with Crippen LogP contribution in [-0.2, 0) is 4.74 Å². The van der Waals surface area contributed by atoms with Gasteiger partial charge in [0.2, 0.25) is 5.95 Å². The highest BCUT2D eigenvalue weighted by atomic mass is 35.5. The third kappa shape index (κ3) is 5.15. The number of hydrogen-bond donors (Lipinski definition) is 2. The van der Waals surface area contributed by atoms with Crippen LogP contribution in [0.5, 0.6) is 0 Å². The molecule has 0 spiro atoms. The Morgan fingerprint density at radius 3 is 2.72 bits per heavy atom. The minimum absolute atomic E-state index is 0.181. The molecule has 0 saturated carbocycles. The number of nitrogens with one attached hydrogen (secondary N) is 2. The molecule has 1 heterocycles. The number of benzene rings is 1. The molecule has 2 N–H and O–H groups in total. The van der Waals surface area contributed by atoms with Gasteiger partial charge in [0.25, 0.3) is 5.91 Å². The average Bonchev–Trinajstić information content (AvgIpc) is 2.61. The fourth-order valence-electron chi connectivity index (χ4n) is 1.92. The van der Waals surface area contributed by atoms with Gasteiger partial charge < -0.3 is 15.4 Å². The van der Waals surface area contributed by atoms with Gasteiger partial charge in [0.15, 0.2) is 0 Å². The van der Waals surface area contributed by atoms with Gasteiger partial charge in [0.1, 0.15) is 5.69 Å². The molecule has 0 atom stereocenters. The zero-order valence-electron chi connectivity index (χ0n) is 14.2. The number of hydrogen-bond acceptors (Lipinski definition) is 6. The number of methoxy groups -OCH3 is 1. The van der Waals surface area contributed by atoms with Crippen molar-refractivity contribution >= 4 is 35.1 Å². The molecule has 0 bridgehead atoms. The van der Waals surface area contributed by atoms with Crippen LogP contribution in [-0.4, -0.2) is 35.5 Å². The number of esters is 1. The van der Waals surface area contributed by atoms with Crippen LogP contribution in [0, 0.1) is 5.92 Å². The standard InChI is InChI=1S/C17H19ClN4O3/c1-10(2)9-20-17-19-7-6-13(22-17)15(23)21-14-8-11(16(24)25-3)4-5-12(14)18/h4-8,10H,9H2,1-3H3,(H,21,23)(H,19,20,22). The van der Waals surface area contributed by atoms with Crippen LogP contribution in [0.4, 0.5) is 11.6 Å². The Balaban J connectivity index is 2.17. The van der Waals surface area contributed by atoms with E-state index in [2.05, 4.69) is 39.2 Å². The molecule has 0 aliphatic carbocycles. The molecule has 0 aliphatic rings. The van der Waals surface area contributed by atoms with Gasteiger partial charge in [0.05, 0.1) is 23.4 Å². The van der Waals surface area contributed by atoms with Crippen LogP contribution >= 0.6 is 11.6 Å². The molecule has 132 valence electrons. The van der Waals surface area contributed by atoms with Crippen molar-refractivity contribution in [2.75, 3.05) is 24.3 Å². The normalized spacial score (nSPS) is 10.4. The smallest absolute Gasteiger partial charge is 0.337 e. The number of nitrogens with zero attached hydrogens (tertiary/aromatic N) is 2. The summed E-state index contributed by atoms with van der Waals surface area (Å²) >= 11 is 6.08. The first-order valence-electron chi connectivity index (χ1n) is 7.67. The summed E-state index contributed by atoms with van der Waals surface area (Å²) < 4.78 is 4.66. The molecular weight excluding hydrogens is 344 g/mol. The Hall–Kier alpha value is -2.67. The number of anilines is 2. The Morgan fingerprint density at radius 1 is 1.28 bits per heavy atom. The molecule has 0 saturated heterocycles.